The monoisotopic (exact) mass is 240 g/mol. The number of aromatic nitrogens is 3. The molecule has 0 aliphatic carbocycles. The van der Waals surface area contributed by atoms with Gasteiger partial charge in [0.2, 0.25) is 0 Å². The van der Waals surface area contributed by atoms with E-state index < -0.39 is 0 Å². The van der Waals surface area contributed by atoms with E-state index >= 15 is 0 Å². The van der Waals surface area contributed by atoms with Crippen molar-refractivity contribution in [1.29, 1.82) is 0 Å². The molecule has 13 heavy (non-hydrogen) atoms. The maximum Gasteiger partial charge on any atom is 0.150 e. The van der Waals surface area contributed by atoms with Gasteiger partial charge in [0.25, 0.3) is 0 Å². The Bertz CT molecular complexity index is 423. The summed E-state index contributed by atoms with van der Waals surface area (Å²) in [6, 6.07) is 3.90. The molecule has 0 atom stereocenters. The van der Waals surface area contributed by atoms with Gasteiger partial charge in [0.05, 0.1) is 11.7 Å². The largest absolute Gasteiger partial charge is 0.330 e. The molecule has 0 saturated carbocycles. The molecule has 4 nitrogen and oxygen atoms in total. The lowest BCUT2D eigenvalue weighted by Gasteiger charge is -1.99. The van der Waals surface area contributed by atoms with E-state index in [9.17, 15) is 0 Å². The highest BCUT2D eigenvalue weighted by atomic mass is 79.9. The molecular weight excluding hydrogens is 232 g/mol. The van der Waals surface area contributed by atoms with E-state index in [-0.39, 0.29) is 0 Å². The number of nitrogens with zero attached hydrogens (tertiary/aromatic N) is 3. The van der Waals surface area contributed by atoms with Crippen molar-refractivity contribution in [3.05, 3.63) is 28.8 Å². The maximum atomic E-state index is 5.42. The van der Waals surface area contributed by atoms with Gasteiger partial charge >= 0.3 is 0 Å². The highest BCUT2D eigenvalue weighted by molar-refractivity contribution is 9.10. The maximum absolute atomic E-state index is 5.42. The van der Waals surface area contributed by atoms with Crippen LogP contribution < -0.4 is 5.73 Å². The standard InChI is InChI=1S/C8H9BrN4/c9-7-2-1-6-5-11-8(3-4-10)12-13(6)7/h1-2,5H,3-4,10H2. The fourth-order valence-electron chi connectivity index (χ4n) is 1.15. The van der Waals surface area contributed by atoms with Crippen molar-refractivity contribution in [3.8, 4) is 0 Å². The van der Waals surface area contributed by atoms with Crippen molar-refractivity contribution in [3.63, 3.8) is 0 Å². The van der Waals surface area contributed by atoms with Gasteiger partial charge in [-0.15, -0.1) is 0 Å². The minimum absolute atomic E-state index is 0.574. The SMILES string of the molecule is NCCc1ncc2ccc(Br)n2n1. The Kier molecular flexibility index (Phi) is 2.28. The minimum atomic E-state index is 0.574. The molecule has 0 saturated heterocycles. The fraction of sp³-hybridized carbons (Fsp3) is 0.250. The summed E-state index contributed by atoms with van der Waals surface area (Å²) in [6.07, 6.45) is 2.50. The molecule has 2 aromatic rings. The van der Waals surface area contributed by atoms with Crippen LogP contribution >= 0.6 is 15.9 Å². The van der Waals surface area contributed by atoms with Crippen LogP contribution in [0, 0.1) is 0 Å². The fourth-order valence-corrected chi connectivity index (χ4v) is 1.56. The van der Waals surface area contributed by atoms with Crippen molar-refractivity contribution in [2.75, 3.05) is 6.54 Å². The van der Waals surface area contributed by atoms with E-state index in [1.165, 1.54) is 0 Å². The van der Waals surface area contributed by atoms with Crippen molar-refractivity contribution >= 4 is 21.4 Å². The summed E-state index contributed by atoms with van der Waals surface area (Å²) in [5.41, 5.74) is 6.40. The van der Waals surface area contributed by atoms with Gasteiger partial charge in [0.15, 0.2) is 5.82 Å². The summed E-state index contributed by atoms with van der Waals surface area (Å²) in [4.78, 5) is 4.18. The second kappa shape index (κ2) is 3.43. The van der Waals surface area contributed by atoms with Gasteiger partial charge in [-0.1, -0.05) is 0 Å². The molecule has 2 rings (SSSR count). The molecule has 0 aliphatic rings. The lowest BCUT2D eigenvalue weighted by molar-refractivity contribution is 0.776. The third-order valence-electron chi connectivity index (χ3n) is 1.77. The van der Waals surface area contributed by atoms with Gasteiger partial charge in [-0.25, -0.2) is 9.50 Å². The lowest BCUT2D eigenvalue weighted by atomic mass is 10.4. The number of hydrogen-bond acceptors (Lipinski definition) is 3. The van der Waals surface area contributed by atoms with Crippen LogP contribution in [0.15, 0.2) is 22.9 Å². The summed E-state index contributed by atoms with van der Waals surface area (Å²) in [6.45, 7) is 0.574. The Labute approximate surface area is 83.9 Å². The molecule has 2 aromatic heterocycles. The van der Waals surface area contributed by atoms with Crippen LogP contribution in [0.2, 0.25) is 0 Å². The average molecular weight is 241 g/mol. The molecular formula is C8H9BrN4. The quantitative estimate of drug-likeness (QED) is 0.853. The first kappa shape index (κ1) is 8.65. The predicted octanol–water partition coefficient (Wildman–Crippen LogP) is 0.993. The molecule has 0 amide bonds. The summed E-state index contributed by atoms with van der Waals surface area (Å²) in [5, 5.41) is 4.30. The first-order chi connectivity index (χ1) is 6.31. The zero-order valence-corrected chi connectivity index (χ0v) is 8.53. The van der Waals surface area contributed by atoms with Crippen molar-refractivity contribution in [2.45, 2.75) is 6.42 Å². The molecule has 0 radical (unpaired) electrons. The molecule has 0 spiro atoms. The summed E-state index contributed by atoms with van der Waals surface area (Å²) in [5.74, 6) is 0.770. The molecule has 0 unspecified atom stereocenters. The molecule has 0 aliphatic heterocycles. The van der Waals surface area contributed by atoms with Gasteiger partial charge in [-0.2, -0.15) is 5.10 Å². The Morgan fingerprint density at radius 2 is 2.31 bits per heavy atom. The summed E-state index contributed by atoms with van der Waals surface area (Å²) < 4.78 is 2.74. The number of rotatable bonds is 2. The van der Waals surface area contributed by atoms with Gasteiger partial charge in [0.1, 0.15) is 4.60 Å². The van der Waals surface area contributed by atoms with Gasteiger partial charge < -0.3 is 5.73 Å². The highest BCUT2D eigenvalue weighted by Crippen LogP contribution is 2.13. The molecule has 0 aromatic carbocycles. The van der Waals surface area contributed by atoms with Crippen LogP contribution in [0.3, 0.4) is 0 Å². The van der Waals surface area contributed by atoms with Crippen LogP contribution in [0.5, 0.6) is 0 Å². The van der Waals surface area contributed by atoms with Crippen molar-refractivity contribution in [1.82, 2.24) is 14.6 Å². The van der Waals surface area contributed by atoms with Gasteiger partial charge in [-0.3, -0.25) is 0 Å². The third kappa shape index (κ3) is 1.57. The molecule has 2 N–H and O–H groups in total. The van der Waals surface area contributed by atoms with Crippen molar-refractivity contribution < 1.29 is 0 Å². The smallest absolute Gasteiger partial charge is 0.150 e. The number of nitrogens with two attached hydrogens (primary N) is 1. The van der Waals surface area contributed by atoms with Crippen LogP contribution in [0.4, 0.5) is 0 Å². The zero-order chi connectivity index (χ0) is 9.26. The Hall–Kier alpha value is -0.940. The van der Waals surface area contributed by atoms with Crippen LogP contribution in [-0.4, -0.2) is 21.1 Å². The first-order valence-corrected chi connectivity index (χ1v) is 4.80. The summed E-state index contributed by atoms with van der Waals surface area (Å²) in [7, 11) is 0. The van der Waals surface area contributed by atoms with E-state index in [1.807, 2.05) is 12.1 Å². The van der Waals surface area contributed by atoms with E-state index in [2.05, 4.69) is 26.0 Å². The molecule has 2 heterocycles. The third-order valence-corrected chi connectivity index (χ3v) is 2.37. The van der Waals surface area contributed by atoms with Gasteiger partial charge in [0, 0.05) is 6.42 Å². The number of fused-ring (bicyclic) bond motifs is 1. The Morgan fingerprint density at radius 3 is 3.08 bits per heavy atom. The molecule has 0 fully saturated rings. The number of halogens is 1. The highest BCUT2D eigenvalue weighted by Gasteiger charge is 2.01. The zero-order valence-electron chi connectivity index (χ0n) is 6.94. The van der Waals surface area contributed by atoms with Gasteiger partial charge in [-0.05, 0) is 34.6 Å². The Balaban J connectivity index is 2.53. The van der Waals surface area contributed by atoms with E-state index in [1.54, 1.807) is 10.7 Å². The Morgan fingerprint density at radius 1 is 1.46 bits per heavy atom. The second-order valence-corrected chi connectivity index (χ2v) is 3.52. The lowest BCUT2D eigenvalue weighted by Crippen LogP contribution is -2.08. The number of hydrogen-bond donors (Lipinski definition) is 1. The van der Waals surface area contributed by atoms with Crippen LogP contribution in [-0.2, 0) is 6.42 Å². The van der Waals surface area contributed by atoms with E-state index in [4.69, 9.17) is 5.73 Å². The first-order valence-electron chi connectivity index (χ1n) is 4.00. The van der Waals surface area contributed by atoms with Crippen molar-refractivity contribution in [2.24, 2.45) is 5.73 Å². The molecule has 5 heteroatoms. The average Bonchev–Trinajstić information content (AvgIpc) is 2.49. The normalized spacial score (nSPS) is 10.9. The van der Waals surface area contributed by atoms with E-state index in [0.29, 0.717) is 13.0 Å². The topological polar surface area (TPSA) is 56.2 Å². The van der Waals surface area contributed by atoms with Crippen LogP contribution in [0.1, 0.15) is 5.82 Å². The van der Waals surface area contributed by atoms with E-state index in [0.717, 1.165) is 15.9 Å². The predicted molar refractivity (Wildman–Crippen MR) is 53.4 cm³/mol. The summed E-state index contributed by atoms with van der Waals surface area (Å²) >= 11 is 3.39. The second-order valence-electron chi connectivity index (χ2n) is 2.71. The minimum Gasteiger partial charge on any atom is -0.330 e. The van der Waals surface area contributed by atoms with Crippen LogP contribution in [0.25, 0.3) is 5.52 Å². The molecule has 0 bridgehead atoms. The molecule has 68 valence electrons.